The van der Waals surface area contributed by atoms with Crippen molar-refractivity contribution < 1.29 is 9.59 Å². The van der Waals surface area contributed by atoms with E-state index in [-0.39, 0.29) is 11.8 Å². The van der Waals surface area contributed by atoms with Crippen LogP contribution in [0.25, 0.3) is 0 Å². The van der Waals surface area contributed by atoms with Crippen LogP contribution in [0.3, 0.4) is 0 Å². The van der Waals surface area contributed by atoms with Gasteiger partial charge in [-0.25, -0.2) is 9.67 Å². The maximum atomic E-state index is 12.9. The van der Waals surface area contributed by atoms with Crippen molar-refractivity contribution >= 4 is 11.8 Å². The number of benzene rings is 2. The topological polar surface area (TPSA) is 80.1 Å². The van der Waals surface area contributed by atoms with Crippen molar-refractivity contribution in [3.63, 3.8) is 0 Å². The number of rotatable bonds is 5. The summed E-state index contributed by atoms with van der Waals surface area (Å²) in [5, 5.41) is 7.09. The highest BCUT2D eigenvalue weighted by molar-refractivity contribution is 5.87. The molecule has 0 spiro atoms. The van der Waals surface area contributed by atoms with Gasteiger partial charge in [0.15, 0.2) is 0 Å². The van der Waals surface area contributed by atoms with Crippen LogP contribution in [0, 0.1) is 0 Å². The van der Waals surface area contributed by atoms with E-state index in [1.165, 1.54) is 13.3 Å². The van der Waals surface area contributed by atoms with Gasteiger partial charge in [-0.3, -0.25) is 9.59 Å². The maximum absolute atomic E-state index is 12.9. The first kappa shape index (κ1) is 18.9. The minimum atomic E-state index is -0.478. The van der Waals surface area contributed by atoms with Crippen molar-refractivity contribution in [3.05, 3.63) is 83.4 Å². The lowest BCUT2D eigenvalue weighted by atomic mass is 9.93. The summed E-state index contributed by atoms with van der Waals surface area (Å²) < 4.78 is 1.76. The Morgan fingerprint density at radius 3 is 2.48 bits per heavy atom. The summed E-state index contributed by atoms with van der Waals surface area (Å²) in [4.78, 5) is 30.5. The largest absolute Gasteiger partial charge is 0.350 e. The molecule has 0 bridgehead atoms. The van der Waals surface area contributed by atoms with Crippen molar-refractivity contribution in [1.82, 2.24) is 25.0 Å². The van der Waals surface area contributed by atoms with Gasteiger partial charge in [-0.15, -0.1) is 0 Å². The van der Waals surface area contributed by atoms with Gasteiger partial charge in [0, 0.05) is 26.4 Å². The minimum absolute atomic E-state index is 0.0860. The van der Waals surface area contributed by atoms with Crippen molar-refractivity contribution in [1.29, 1.82) is 0 Å². The van der Waals surface area contributed by atoms with E-state index >= 15 is 0 Å². The molecule has 29 heavy (non-hydrogen) atoms. The van der Waals surface area contributed by atoms with Crippen molar-refractivity contribution in [2.45, 2.75) is 39.0 Å². The third-order valence-electron chi connectivity index (χ3n) is 5.26. The summed E-state index contributed by atoms with van der Waals surface area (Å²) in [6, 6.07) is 15.5. The Morgan fingerprint density at radius 2 is 1.79 bits per heavy atom. The second-order valence-corrected chi connectivity index (χ2v) is 7.26. The summed E-state index contributed by atoms with van der Waals surface area (Å²) in [5.74, 6) is -0.210. The molecule has 7 heteroatoms. The summed E-state index contributed by atoms with van der Waals surface area (Å²) in [5.41, 5.74) is 4.35. The molecule has 7 nitrogen and oxygen atoms in total. The van der Waals surface area contributed by atoms with Crippen LogP contribution in [-0.4, -0.2) is 37.5 Å². The standard InChI is InChI=1S/C22H23N5O2/c1-16(28)27-13-20-5-3-2-4-19(20)10-21(27)22(29)24-11-17-6-8-18(9-7-17)12-26-15-23-14-25-26/h2-9,14-15,21H,10-13H2,1H3,(H,24,29). The average molecular weight is 389 g/mol. The second-order valence-electron chi connectivity index (χ2n) is 7.26. The number of nitrogens with one attached hydrogen (secondary N) is 1. The number of fused-ring (bicyclic) bond motifs is 1. The predicted octanol–water partition coefficient (Wildman–Crippen LogP) is 1.92. The Kier molecular flexibility index (Phi) is 5.37. The lowest BCUT2D eigenvalue weighted by Crippen LogP contribution is -2.51. The zero-order valence-electron chi connectivity index (χ0n) is 16.3. The van der Waals surface area contributed by atoms with Crippen molar-refractivity contribution in [2.75, 3.05) is 0 Å². The fourth-order valence-corrected chi connectivity index (χ4v) is 3.66. The van der Waals surface area contributed by atoms with E-state index in [9.17, 15) is 9.59 Å². The molecule has 0 saturated carbocycles. The molecular formula is C22H23N5O2. The first-order chi connectivity index (χ1) is 14.1. The first-order valence-electron chi connectivity index (χ1n) is 9.62. The van der Waals surface area contributed by atoms with Crippen molar-refractivity contribution in [3.8, 4) is 0 Å². The van der Waals surface area contributed by atoms with Gasteiger partial charge >= 0.3 is 0 Å². The molecular weight excluding hydrogens is 366 g/mol. The van der Waals surface area contributed by atoms with Crippen LogP contribution in [0.1, 0.15) is 29.2 Å². The molecule has 0 fully saturated rings. The lowest BCUT2D eigenvalue weighted by molar-refractivity contribution is -0.140. The monoisotopic (exact) mass is 389 g/mol. The van der Waals surface area contributed by atoms with Crippen LogP contribution in [0.4, 0.5) is 0 Å². The molecule has 0 radical (unpaired) electrons. The van der Waals surface area contributed by atoms with Crippen LogP contribution < -0.4 is 5.32 Å². The molecule has 1 atom stereocenters. The van der Waals surface area contributed by atoms with E-state index in [2.05, 4.69) is 15.4 Å². The summed E-state index contributed by atoms with van der Waals surface area (Å²) in [6.45, 7) is 3.07. The lowest BCUT2D eigenvalue weighted by Gasteiger charge is -2.35. The highest BCUT2D eigenvalue weighted by atomic mass is 16.2. The Balaban J connectivity index is 1.39. The van der Waals surface area contributed by atoms with E-state index in [0.29, 0.717) is 26.1 Å². The fourth-order valence-electron chi connectivity index (χ4n) is 3.66. The number of carbonyl (C=O) groups is 2. The highest BCUT2D eigenvalue weighted by Crippen LogP contribution is 2.23. The van der Waals surface area contributed by atoms with E-state index in [0.717, 1.165) is 22.3 Å². The molecule has 2 aromatic carbocycles. The Bertz CT molecular complexity index is 998. The van der Waals surface area contributed by atoms with Gasteiger partial charge in [0.2, 0.25) is 11.8 Å². The quantitative estimate of drug-likeness (QED) is 0.723. The van der Waals surface area contributed by atoms with E-state index < -0.39 is 6.04 Å². The first-order valence-corrected chi connectivity index (χ1v) is 9.62. The summed E-state index contributed by atoms with van der Waals surface area (Å²) in [7, 11) is 0. The zero-order chi connectivity index (χ0) is 20.2. The molecule has 3 aromatic rings. The van der Waals surface area contributed by atoms with Gasteiger partial charge in [-0.05, 0) is 22.3 Å². The van der Waals surface area contributed by atoms with Gasteiger partial charge in [0.05, 0.1) is 6.54 Å². The Labute approximate surface area is 169 Å². The van der Waals surface area contributed by atoms with Crippen molar-refractivity contribution in [2.24, 2.45) is 0 Å². The zero-order valence-corrected chi connectivity index (χ0v) is 16.3. The number of carbonyl (C=O) groups excluding carboxylic acids is 2. The van der Waals surface area contributed by atoms with Gasteiger partial charge in [-0.1, -0.05) is 48.5 Å². The second kappa shape index (κ2) is 8.26. The van der Waals surface area contributed by atoms with E-state index in [4.69, 9.17) is 0 Å². The molecule has 1 N–H and O–H groups in total. The third kappa shape index (κ3) is 4.34. The highest BCUT2D eigenvalue weighted by Gasteiger charge is 2.32. The molecule has 2 heterocycles. The van der Waals surface area contributed by atoms with Crippen LogP contribution in [0.2, 0.25) is 0 Å². The molecule has 4 rings (SSSR count). The van der Waals surface area contributed by atoms with Gasteiger partial charge in [0.1, 0.15) is 18.7 Å². The number of nitrogens with zero attached hydrogens (tertiary/aromatic N) is 4. The molecule has 1 aliphatic rings. The fraction of sp³-hybridized carbons (Fsp3) is 0.273. The van der Waals surface area contributed by atoms with Gasteiger partial charge in [-0.2, -0.15) is 5.10 Å². The molecule has 1 aromatic heterocycles. The SMILES string of the molecule is CC(=O)N1Cc2ccccc2CC1C(=O)NCc1ccc(Cn2cncn2)cc1. The minimum Gasteiger partial charge on any atom is -0.350 e. The molecule has 0 saturated heterocycles. The smallest absolute Gasteiger partial charge is 0.243 e. The molecule has 1 aliphatic heterocycles. The van der Waals surface area contributed by atoms with E-state index in [1.807, 2.05) is 48.5 Å². The number of hydrogen-bond acceptors (Lipinski definition) is 4. The number of amides is 2. The molecule has 0 aliphatic carbocycles. The number of hydrogen-bond donors (Lipinski definition) is 1. The normalized spacial score (nSPS) is 15.6. The number of aromatic nitrogens is 3. The summed E-state index contributed by atoms with van der Waals surface area (Å²) in [6.07, 6.45) is 3.73. The average Bonchev–Trinajstić information content (AvgIpc) is 3.25. The molecule has 148 valence electrons. The predicted molar refractivity (Wildman–Crippen MR) is 108 cm³/mol. The van der Waals surface area contributed by atoms with Crippen LogP contribution in [0.15, 0.2) is 61.2 Å². The van der Waals surface area contributed by atoms with Gasteiger partial charge in [0.25, 0.3) is 0 Å². The van der Waals surface area contributed by atoms with E-state index in [1.54, 1.807) is 15.9 Å². The van der Waals surface area contributed by atoms with Gasteiger partial charge < -0.3 is 10.2 Å². The Hall–Kier alpha value is -3.48. The molecule has 1 unspecified atom stereocenters. The molecule has 2 amide bonds. The Morgan fingerprint density at radius 1 is 1.07 bits per heavy atom. The maximum Gasteiger partial charge on any atom is 0.243 e. The van der Waals surface area contributed by atoms with Crippen LogP contribution in [-0.2, 0) is 35.6 Å². The summed E-state index contributed by atoms with van der Waals surface area (Å²) >= 11 is 0. The van der Waals surface area contributed by atoms with Crippen LogP contribution >= 0.6 is 0 Å². The third-order valence-corrected chi connectivity index (χ3v) is 5.26. The van der Waals surface area contributed by atoms with Crippen LogP contribution in [0.5, 0.6) is 0 Å².